The fourth-order valence-electron chi connectivity index (χ4n) is 1.51. The number of thiazole rings is 1. The van der Waals surface area contributed by atoms with E-state index in [0.29, 0.717) is 0 Å². The van der Waals surface area contributed by atoms with Crippen LogP contribution in [0.25, 0.3) is 16.3 Å². The van der Waals surface area contributed by atoms with Gasteiger partial charge in [-0.1, -0.05) is 28.1 Å². The Bertz CT molecular complexity index is 639. The Morgan fingerprint density at radius 2 is 2.00 bits per heavy atom. The molecule has 0 bridgehead atoms. The molecule has 0 amide bonds. The van der Waals surface area contributed by atoms with Gasteiger partial charge in [0.2, 0.25) is 4.96 Å². The Kier molecular flexibility index (Phi) is 2.29. The smallest absolute Gasteiger partial charge is 0.208 e. The van der Waals surface area contributed by atoms with E-state index in [1.54, 1.807) is 11.3 Å². The van der Waals surface area contributed by atoms with Crippen LogP contribution in [-0.2, 0) is 0 Å². The van der Waals surface area contributed by atoms with Gasteiger partial charge < -0.3 is 0 Å². The monoisotopic (exact) mass is 293 g/mol. The predicted molar refractivity (Wildman–Crippen MR) is 68.7 cm³/mol. The molecule has 3 nitrogen and oxygen atoms in total. The fourth-order valence-corrected chi connectivity index (χ4v) is 2.58. The van der Waals surface area contributed by atoms with Crippen LogP contribution in [0.5, 0.6) is 0 Å². The quantitative estimate of drug-likeness (QED) is 0.687. The van der Waals surface area contributed by atoms with Crippen molar-refractivity contribution in [3.8, 4) is 11.4 Å². The van der Waals surface area contributed by atoms with E-state index < -0.39 is 0 Å². The van der Waals surface area contributed by atoms with E-state index in [2.05, 4.69) is 31.4 Å². The van der Waals surface area contributed by atoms with Crippen molar-refractivity contribution in [1.29, 1.82) is 0 Å². The van der Waals surface area contributed by atoms with Crippen LogP contribution in [0.1, 0.15) is 5.69 Å². The van der Waals surface area contributed by atoms with Crippen molar-refractivity contribution in [1.82, 2.24) is 14.6 Å². The number of hydrogen-bond donors (Lipinski definition) is 0. The molecule has 16 heavy (non-hydrogen) atoms. The summed E-state index contributed by atoms with van der Waals surface area (Å²) in [5, 5.41) is 6.53. The van der Waals surface area contributed by atoms with Crippen LogP contribution in [-0.4, -0.2) is 14.6 Å². The molecule has 0 atom stereocenters. The van der Waals surface area contributed by atoms with Crippen molar-refractivity contribution >= 4 is 32.2 Å². The molecule has 2 heterocycles. The summed E-state index contributed by atoms with van der Waals surface area (Å²) in [6.45, 7) is 2.03. The minimum atomic E-state index is 0.780. The Balaban J connectivity index is 2.15. The average molecular weight is 294 g/mol. The van der Waals surface area contributed by atoms with Gasteiger partial charge in [-0.15, -0.1) is 16.4 Å². The third-order valence-corrected chi connectivity index (χ3v) is 3.81. The largest absolute Gasteiger partial charge is 0.212 e. The van der Waals surface area contributed by atoms with Gasteiger partial charge in [0.15, 0.2) is 5.82 Å². The zero-order valence-electron chi connectivity index (χ0n) is 8.51. The average Bonchev–Trinajstić information content (AvgIpc) is 2.83. The topological polar surface area (TPSA) is 30.2 Å². The standard InChI is InChI=1S/C11H8BrN3S/c1-7-6-16-11-13-10(14-15(7)11)8-2-4-9(12)5-3-8/h2-6H,1H3. The zero-order chi connectivity index (χ0) is 11.1. The second kappa shape index (κ2) is 3.68. The lowest BCUT2D eigenvalue weighted by Gasteiger charge is -1.94. The number of fused-ring (bicyclic) bond motifs is 1. The van der Waals surface area contributed by atoms with E-state index in [9.17, 15) is 0 Å². The summed E-state index contributed by atoms with van der Waals surface area (Å²) < 4.78 is 2.94. The lowest BCUT2D eigenvalue weighted by Crippen LogP contribution is -1.86. The van der Waals surface area contributed by atoms with E-state index in [1.165, 1.54) is 0 Å². The highest BCUT2D eigenvalue weighted by atomic mass is 79.9. The number of aromatic nitrogens is 3. The first-order chi connectivity index (χ1) is 7.74. The second-order valence-electron chi connectivity index (χ2n) is 3.51. The van der Waals surface area contributed by atoms with E-state index in [-0.39, 0.29) is 0 Å². The zero-order valence-corrected chi connectivity index (χ0v) is 10.9. The van der Waals surface area contributed by atoms with Crippen molar-refractivity contribution in [2.45, 2.75) is 6.92 Å². The SMILES string of the molecule is Cc1csc2nc(-c3ccc(Br)cc3)nn12. The fraction of sp³-hybridized carbons (Fsp3) is 0.0909. The molecule has 80 valence electrons. The van der Waals surface area contributed by atoms with Crippen LogP contribution in [0.3, 0.4) is 0 Å². The van der Waals surface area contributed by atoms with Crippen LogP contribution in [0.15, 0.2) is 34.1 Å². The second-order valence-corrected chi connectivity index (χ2v) is 5.27. The van der Waals surface area contributed by atoms with E-state index in [4.69, 9.17) is 0 Å². The van der Waals surface area contributed by atoms with Crippen LogP contribution in [0.4, 0.5) is 0 Å². The normalized spacial score (nSPS) is 11.1. The molecule has 0 radical (unpaired) electrons. The number of halogens is 1. The molecular formula is C11H8BrN3S. The summed E-state index contributed by atoms with van der Waals surface area (Å²) in [6, 6.07) is 8.02. The van der Waals surface area contributed by atoms with Gasteiger partial charge in [-0.05, 0) is 19.1 Å². The molecule has 3 aromatic rings. The van der Waals surface area contributed by atoms with E-state index in [1.807, 2.05) is 35.7 Å². The third-order valence-electron chi connectivity index (χ3n) is 2.35. The summed E-state index contributed by atoms with van der Waals surface area (Å²) in [7, 11) is 0. The Labute approximate surface area is 105 Å². The van der Waals surface area contributed by atoms with Gasteiger partial charge in [0, 0.05) is 15.4 Å². The van der Waals surface area contributed by atoms with Crippen molar-refractivity contribution in [2.75, 3.05) is 0 Å². The van der Waals surface area contributed by atoms with Crippen molar-refractivity contribution < 1.29 is 0 Å². The highest BCUT2D eigenvalue weighted by Gasteiger charge is 2.08. The molecular weight excluding hydrogens is 286 g/mol. The highest BCUT2D eigenvalue weighted by Crippen LogP contribution is 2.21. The molecule has 0 N–H and O–H groups in total. The molecule has 0 saturated heterocycles. The van der Waals surface area contributed by atoms with Gasteiger partial charge in [0.05, 0.1) is 5.69 Å². The molecule has 0 aliphatic rings. The van der Waals surface area contributed by atoms with Gasteiger partial charge in [0.25, 0.3) is 0 Å². The third kappa shape index (κ3) is 1.56. The molecule has 5 heteroatoms. The summed E-state index contributed by atoms with van der Waals surface area (Å²) in [4.78, 5) is 5.43. The number of hydrogen-bond acceptors (Lipinski definition) is 3. The number of aryl methyl sites for hydroxylation is 1. The van der Waals surface area contributed by atoms with Gasteiger partial charge in [0.1, 0.15) is 0 Å². The van der Waals surface area contributed by atoms with E-state index >= 15 is 0 Å². The maximum atomic E-state index is 4.49. The van der Waals surface area contributed by atoms with Gasteiger partial charge in [-0.3, -0.25) is 0 Å². The van der Waals surface area contributed by atoms with Gasteiger partial charge in [-0.25, -0.2) is 4.52 Å². The Morgan fingerprint density at radius 1 is 1.25 bits per heavy atom. The molecule has 0 saturated carbocycles. The lowest BCUT2D eigenvalue weighted by molar-refractivity contribution is 0.936. The minimum Gasteiger partial charge on any atom is -0.208 e. The number of benzene rings is 1. The van der Waals surface area contributed by atoms with Crippen molar-refractivity contribution in [3.05, 3.63) is 39.8 Å². The molecule has 0 spiro atoms. The first-order valence-corrected chi connectivity index (χ1v) is 6.48. The van der Waals surface area contributed by atoms with Crippen molar-refractivity contribution in [3.63, 3.8) is 0 Å². The maximum Gasteiger partial charge on any atom is 0.212 e. The summed E-state index contributed by atoms with van der Waals surface area (Å²) in [5.41, 5.74) is 2.16. The van der Waals surface area contributed by atoms with Crippen LogP contribution < -0.4 is 0 Å². The van der Waals surface area contributed by atoms with E-state index in [0.717, 1.165) is 26.5 Å². The maximum absolute atomic E-state index is 4.49. The number of nitrogens with zero attached hydrogens (tertiary/aromatic N) is 3. The first kappa shape index (κ1) is 9.99. The molecule has 0 aliphatic carbocycles. The summed E-state index contributed by atoms with van der Waals surface area (Å²) in [5.74, 6) is 0.780. The number of rotatable bonds is 1. The highest BCUT2D eigenvalue weighted by molar-refractivity contribution is 9.10. The summed E-state index contributed by atoms with van der Waals surface area (Å²) in [6.07, 6.45) is 0. The molecule has 3 rings (SSSR count). The van der Waals surface area contributed by atoms with Crippen molar-refractivity contribution in [2.24, 2.45) is 0 Å². The Morgan fingerprint density at radius 3 is 2.69 bits per heavy atom. The van der Waals surface area contributed by atoms with Gasteiger partial charge in [-0.2, -0.15) is 4.98 Å². The molecule has 0 aliphatic heterocycles. The summed E-state index contributed by atoms with van der Waals surface area (Å²) >= 11 is 5.03. The molecule has 0 fully saturated rings. The molecule has 0 unspecified atom stereocenters. The Hall–Kier alpha value is -1.20. The minimum absolute atomic E-state index is 0.780. The first-order valence-electron chi connectivity index (χ1n) is 4.81. The van der Waals surface area contributed by atoms with Gasteiger partial charge >= 0.3 is 0 Å². The predicted octanol–water partition coefficient (Wildman–Crippen LogP) is 3.53. The van der Waals surface area contributed by atoms with Crippen LogP contribution in [0.2, 0.25) is 0 Å². The lowest BCUT2D eigenvalue weighted by atomic mass is 10.2. The molecule has 2 aromatic heterocycles. The van der Waals surface area contributed by atoms with Crippen LogP contribution >= 0.6 is 27.3 Å². The van der Waals surface area contributed by atoms with Crippen LogP contribution in [0, 0.1) is 6.92 Å². The molecule has 1 aromatic carbocycles.